The lowest BCUT2D eigenvalue weighted by molar-refractivity contribution is 0.302. The lowest BCUT2D eigenvalue weighted by Gasteiger charge is -2.45. The molecule has 1 heterocycles. The Morgan fingerprint density at radius 3 is 1.83 bits per heavy atom. The minimum absolute atomic E-state index is 0.291. The topological polar surface area (TPSA) is 89.2 Å². The number of guanidine groups is 2. The summed E-state index contributed by atoms with van der Waals surface area (Å²) >= 11 is 0. The van der Waals surface area contributed by atoms with Crippen LogP contribution in [0.2, 0.25) is 0 Å². The number of unbranched alkanes of at least 4 members (excludes halogenated alkanes) is 13. The standard InChI is InChI=1S/C30H51N5O/c1-2-3-4-5-6-7-8-9-10-11-12-13-14-18-25-36-27-21-19-26(20-22-27)35-29(32)33-28(31)34-30(35)23-16-15-17-24-30/h19-22H,2-18,23-25H2,1H3,(H4,31,32,33,34). The normalized spacial score (nSPS) is 17.2. The Balaban J connectivity index is 1.27. The lowest BCUT2D eigenvalue weighted by Crippen LogP contribution is -2.58. The molecule has 202 valence electrons. The van der Waals surface area contributed by atoms with Crippen molar-refractivity contribution in [1.82, 2.24) is 0 Å². The Bertz CT molecular complexity index is 798. The van der Waals surface area contributed by atoms with Crippen LogP contribution in [0, 0.1) is 0 Å². The summed E-state index contributed by atoms with van der Waals surface area (Å²) in [7, 11) is 0. The molecule has 1 fully saturated rings. The highest BCUT2D eigenvalue weighted by atomic mass is 16.5. The van der Waals surface area contributed by atoms with Crippen molar-refractivity contribution in [2.75, 3.05) is 11.5 Å². The molecule has 1 aliphatic heterocycles. The summed E-state index contributed by atoms with van der Waals surface area (Å²) in [5.74, 6) is 1.63. The Labute approximate surface area is 220 Å². The quantitative estimate of drug-likeness (QED) is 0.216. The maximum absolute atomic E-state index is 6.33. The van der Waals surface area contributed by atoms with Gasteiger partial charge in [-0.2, -0.15) is 4.99 Å². The molecule has 0 atom stereocenters. The number of rotatable bonds is 17. The van der Waals surface area contributed by atoms with E-state index in [1.165, 1.54) is 89.9 Å². The van der Waals surface area contributed by atoms with Gasteiger partial charge in [-0.05, 0) is 56.4 Å². The first-order chi connectivity index (χ1) is 17.6. The second kappa shape index (κ2) is 15.8. The molecule has 1 aliphatic carbocycles. The monoisotopic (exact) mass is 497 g/mol. The summed E-state index contributed by atoms with van der Waals surface area (Å²) in [6.45, 7) is 3.06. The zero-order valence-corrected chi connectivity index (χ0v) is 22.9. The molecule has 4 N–H and O–H groups in total. The second-order valence-corrected chi connectivity index (χ2v) is 10.8. The molecule has 1 aromatic rings. The number of hydrogen-bond acceptors (Lipinski definition) is 6. The van der Waals surface area contributed by atoms with E-state index in [1.54, 1.807) is 0 Å². The lowest BCUT2D eigenvalue weighted by atomic mass is 9.87. The van der Waals surface area contributed by atoms with Gasteiger partial charge in [-0.15, -0.1) is 0 Å². The number of anilines is 1. The highest BCUT2D eigenvalue weighted by Crippen LogP contribution is 2.39. The van der Waals surface area contributed by atoms with Crippen LogP contribution in [0.25, 0.3) is 0 Å². The predicted octanol–water partition coefficient (Wildman–Crippen LogP) is 7.66. The number of aliphatic imine (C=N–C) groups is 2. The maximum Gasteiger partial charge on any atom is 0.220 e. The van der Waals surface area contributed by atoms with E-state index in [2.05, 4.69) is 28.9 Å². The predicted molar refractivity (Wildman–Crippen MR) is 154 cm³/mol. The average Bonchev–Trinajstić information content (AvgIpc) is 2.87. The fraction of sp³-hybridized carbons (Fsp3) is 0.733. The van der Waals surface area contributed by atoms with E-state index in [-0.39, 0.29) is 0 Å². The Kier molecular flexibility index (Phi) is 12.4. The second-order valence-electron chi connectivity index (χ2n) is 10.8. The number of nitrogens with two attached hydrogens (primary N) is 2. The molecular formula is C30H51N5O. The van der Waals surface area contributed by atoms with Crippen molar-refractivity contribution in [3.63, 3.8) is 0 Å². The van der Waals surface area contributed by atoms with Gasteiger partial charge in [0, 0.05) is 5.69 Å². The van der Waals surface area contributed by atoms with E-state index in [9.17, 15) is 0 Å². The minimum Gasteiger partial charge on any atom is -0.494 e. The largest absolute Gasteiger partial charge is 0.494 e. The van der Waals surface area contributed by atoms with Gasteiger partial charge < -0.3 is 16.2 Å². The summed E-state index contributed by atoms with van der Waals surface area (Å²) in [6.07, 6.45) is 24.6. The third kappa shape index (κ3) is 9.01. The van der Waals surface area contributed by atoms with Crippen LogP contribution in [0.5, 0.6) is 5.75 Å². The number of ether oxygens (including phenoxy) is 1. The summed E-state index contributed by atoms with van der Waals surface area (Å²) in [6, 6.07) is 8.20. The van der Waals surface area contributed by atoms with E-state index in [0.717, 1.165) is 50.1 Å². The molecule has 1 saturated carbocycles. The number of nitrogens with zero attached hydrogens (tertiary/aromatic N) is 3. The third-order valence-electron chi connectivity index (χ3n) is 7.71. The molecule has 0 amide bonds. The van der Waals surface area contributed by atoms with Crippen LogP contribution < -0.4 is 21.1 Å². The molecule has 3 rings (SSSR count). The molecule has 36 heavy (non-hydrogen) atoms. The van der Waals surface area contributed by atoms with Crippen molar-refractivity contribution in [3.8, 4) is 5.75 Å². The van der Waals surface area contributed by atoms with Crippen molar-refractivity contribution in [2.45, 2.75) is 135 Å². The van der Waals surface area contributed by atoms with Gasteiger partial charge in [0.2, 0.25) is 11.9 Å². The summed E-state index contributed by atoms with van der Waals surface area (Å²) in [5.41, 5.74) is 12.9. The van der Waals surface area contributed by atoms with Crippen LogP contribution in [0.1, 0.15) is 129 Å². The van der Waals surface area contributed by atoms with E-state index < -0.39 is 5.66 Å². The van der Waals surface area contributed by atoms with Crippen LogP contribution in [0.4, 0.5) is 5.69 Å². The first-order valence-corrected chi connectivity index (χ1v) is 14.9. The summed E-state index contributed by atoms with van der Waals surface area (Å²) < 4.78 is 6.01. The molecule has 0 aromatic heterocycles. The molecule has 1 aromatic carbocycles. The van der Waals surface area contributed by atoms with Crippen molar-refractivity contribution in [1.29, 1.82) is 0 Å². The van der Waals surface area contributed by atoms with E-state index in [1.807, 2.05) is 12.1 Å². The highest BCUT2D eigenvalue weighted by molar-refractivity contribution is 6.05. The number of benzene rings is 1. The van der Waals surface area contributed by atoms with Crippen molar-refractivity contribution < 1.29 is 4.74 Å². The zero-order chi connectivity index (χ0) is 25.5. The molecule has 0 radical (unpaired) electrons. The minimum atomic E-state index is -0.398. The van der Waals surface area contributed by atoms with Gasteiger partial charge in [-0.25, -0.2) is 4.99 Å². The Morgan fingerprint density at radius 1 is 0.750 bits per heavy atom. The summed E-state index contributed by atoms with van der Waals surface area (Å²) in [5, 5.41) is 0. The molecule has 2 aliphatic rings. The number of hydrogen-bond donors (Lipinski definition) is 2. The Morgan fingerprint density at radius 2 is 1.28 bits per heavy atom. The molecule has 0 bridgehead atoms. The van der Waals surface area contributed by atoms with Gasteiger partial charge in [-0.3, -0.25) is 4.90 Å². The molecule has 1 spiro atoms. The van der Waals surface area contributed by atoms with E-state index in [0.29, 0.717) is 11.9 Å². The van der Waals surface area contributed by atoms with E-state index in [4.69, 9.17) is 21.2 Å². The Hall–Kier alpha value is -2.24. The van der Waals surface area contributed by atoms with Crippen LogP contribution in [-0.4, -0.2) is 24.2 Å². The first kappa shape index (κ1) is 28.3. The van der Waals surface area contributed by atoms with Gasteiger partial charge >= 0.3 is 0 Å². The zero-order valence-electron chi connectivity index (χ0n) is 22.9. The fourth-order valence-corrected chi connectivity index (χ4v) is 5.67. The van der Waals surface area contributed by atoms with Gasteiger partial charge in [0.25, 0.3) is 0 Å². The van der Waals surface area contributed by atoms with Crippen molar-refractivity contribution in [2.24, 2.45) is 21.5 Å². The van der Waals surface area contributed by atoms with Gasteiger partial charge in [0.1, 0.15) is 11.4 Å². The van der Waals surface area contributed by atoms with Crippen LogP contribution in [0.3, 0.4) is 0 Å². The van der Waals surface area contributed by atoms with Crippen LogP contribution in [-0.2, 0) is 0 Å². The SMILES string of the molecule is CCCCCCCCCCCCCCCCOc1ccc(N2C(N)=NC(N)=NC23CCCCC3)cc1. The third-order valence-corrected chi connectivity index (χ3v) is 7.71. The van der Waals surface area contributed by atoms with Gasteiger partial charge in [0.15, 0.2) is 0 Å². The molecule has 0 saturated heterocycles. The molecular weight excluding hydrogens is 446 g/mol. The highest BCUT2D eigenvalue weighted by Gasteiger charge is 2.42. The van der Waals surface area contributed by atoms with Crippen LogP contribution in [0.15, 0.2) is 34.3 Å². The fourth-order valence-electron chi connectivity index (χ4n) is 5.67. The van der Waals surface area contributed by atoms with Crippen molar-refractivity contribution in [3.05, 3.63) is 24.3 Å². The summed E-state index contributed by atoms with van der Waals surface area (Å²) in [4.78, 5) is 11.1. The van der Waals surface area contributed by atoms with Gasteiger partial charge in [0.05, 0.1) is 6.61 Å². The van der Waals surface area contributed by atoms with Crippen LogP contribution >= 0.6 is 0 Å². The first-order valence-electron chi connectivity index (χ1n) is 14.9. The maximum atomic E-state index is 6.33. The van der Waals surface area contributed by atoms with Crippen molar-refractivity contribution >= 4 is 17.6 Å². The molecule has 6 nitrogen and oxygen atoms in total. The van der Waals surface area contributed by atoms with Gasteiger partial charge in [-0.1, -0.05) is 96.8 Å². The van der Waals surface area contributed by atoms with E-state index >= 15 is 0 Å². The molecule has 0 unspecified atom stereocenters. The average molecular weight is 498 g/mol. The smallest absolute Gasteiger partial charge is 0.220 e. The molecule has 6 heteroatoms.